The molecule has 16 heavy (non-hydrogen) atoms. The summed E-state index contributed by atoms with van der Waals surface area (Å²) < 4.78 is 9.65. The molecule has 0 radical (unpaired) electrons. The molecule has 0 aliphatic rings. The third-order valence-electron chi connectivity index (χ3n) is 2.02. The van der Waals surface area contributed by atoms with Gasteiger partial charge in [-0.1, -0.05) is 13.3 Å². The Hall–Kier alpha value is -1.43. The van der Waals surface area contributed by atoms with Crippen molar-refractivity contribution in [3.8, 4) is 0 Å². The third kappa shape index (κ3) is 3.62. The van der Waals surface area contributed by atoms with Crippen molar-refractivity contribution >= 4 is 5.97 Å². The van der Waals surface area contributed by atoms with Crippen LogP contribution in [-0.2, 0) is 11.2 Å². The second-order valence-electron chi connectivity index (χ2n) is 3.49. The van der Waals surface area contributed by atoms with Gasteiger partial charge in [0.25, 0.3) is 5.82 Å². The zero-order valence-corrected chi connectivity index (χ0v) is 9.60. The van der Waals surface area contributed by atoms with E-state index in [0.717, 1.165) is 12.8 Å². The SMILES string of the molecule is CCCC(N)Cc1nc(C(=O)OCC)no1. The van der Waals surface area contributed by atoms with Crippen LogP contribution in [0.1, 0.15) is 43.2 Å². The normalized spacial score (nSPS) is 12.4. The Balaban J connectivity index is 2.54. The summed E-state index contributed by atoms with van der Waals surface area (Å²) in [5.74, 6) is -0.230. The smallest absolute Gasteiger partial charge is 0.379 e. The summed E-state index contributed by atoms with van der Waals surface area (Å²) in [7, 11) is 0. The number of hydrogen-bond acceptors (Lipinski definition) is 6. The number of carbonyl (C=O) groups excluding carboxylic acids is 1. The molecule has 0 spiro atoms. The van der Waals surface area contributed by atoms with E-state index in [1.165, 1.54) is 0 Å². The van der Waals surface area contributed by atoms with E-state index < -0.39 is 5.97 Å². The van der Waals surface area contributed by atoms with Crippen molar-refractivity contribution in [2.75, 3.05) is 6.61 Å². The molecule has 0 saturated heterocycles. The molecule has 0 amide bonds. The highest BCUT2D eigenvalue weighted by Crippen LogP contribution is 2.05. The topological polar surface area (TPSA) is 91.2 Å². The van der Waals surface area contributed by atoms with E-state index in [1.807, 2.05) is 0 Å². The molecule has 0 aliphatic heterocycles. The highest BCUT2D eigenvalue weighted by molar-refractivity contribution is 5.84. The van der Waals surface area contributed by atoms with Gasteiger partial charge in [0.2, 0.25) is 5.89 Å². The molecule has 0 fully saturated rings. The zero-order chi connectivity index (χ0) is 12.0. The maximum absolute atomic E-state index is 11.2. The first-order chi connectivity index (χ1) is 7.67. The van der Waals surface area contributed by atoms with Crippen LogP contribution in [0.15, 0.2) is 4.52 Å². The quantitative estimate of drug-likeness (QED) is 0.726. The predicted molar refractivity (Wildman–Crippen MR) is 56.8 cm³/mol. The number of rotatable bonds is 6. The van der Waals surface area contributed by atoms with Crippen LogP contribution in [0, 0.1) is 0 Å². The van der Waals surface area contributed by atoms with Gasteiger partial charge in [0.15, 0.2) is 0 Å². The van der Waals surface area contributed by atoms with Gasteiger partial charge in [0.05, 0.1) is 6.61 Å². The van der Waals surface area contributed by atoms with Crippen molar-refractivity contribution < 1.29 is 14.1 Å². The fraction of sp³-hybridized carbons (Fsp3) is 0.700. The zero-order valence-electron chi connectivity index (χ0n) is 9.60. The molecule has 6 nitrogen and oxygen atoms in total. The van der Waals surface area contributed by atoms with Crippen LogP contribution in [0.3, 0.4) is 0 Å². The lowest BCUT2D eigenvalue weighted by Gasteiger charge is -2.05. The first kappa shape index (κ1) is 12.6. The van der Waals surface area contributed by atoms with Crippen molar-refractivity contribution in [2.45, 2.75) is 39.2 Å². The van der Waals surface area contributed by atoms with Gasteiger partial charge < -0.3 is 15.0 Å². The van der Waals surface area contributed by atoms with Crippen molar-refractivity contribution in [3.63, 3.8) is 0 Å². The summed E-state index contributed by atoms with van der Waals surface area (Å²) in [6, 6.07) is -0.0134. The molecule has 0 saturated carbocycles. The standard InChI is InChI=1S/C10H17N3O3/c1-3-5-7(11)6-8-12-9(13-16-8)10(14)15-4-2/h7H,3-6,11H2,1-2H3. The molecular formula is C10H17N3O3. The van der Waals surface area contributed by atoms with Gasteiger partial charge in [-0.3, -0.25) is 0 Å². The van der Waals surface area contributed by atoms with E-state index in [0.29, 0.717) is 12.3 Å². The number of nitrogens with two attached hydrogens (primary N) is 1. The van der Waals surface area contributed by atoms with E-state index in [4.69, 9.17) is 15.0 Å². The Morgan fingerprint density at radius 1 is 1.56 bits per heavy atom. The van der Waals surface area contributed by atoms with E-state index in [9.17, 15) is 4.79 Å². The fourth-order valence-electron chi connectivity index (χ4n) is 1.31. The second-order valence-corrected chi connectivity index (χ2v) is 3.49. The molecule has 1 unspecified atom stereocenters. The molecule has 0 bridgehead atoms. The average Bonchev–Trinajstić information content (AvgIpc) is 2.67. The summed E-state index contributed by atoms with van der Waals surface area (Å²) in [6.07, 6.45) is 2.37. The Morgan fingerprint density at radius 3 is 2.94 bits per heavy atom. The monoisotopic (exact) mass is 227 g/mol. The summed E-state index contributed by atoms with van der Waals surface area (Å²) in [5, 5.41) is 3.53. The minimum atomic E-state index is -0.568. The maximum atomic E-state index is 11.2. The van der Waals surface area contributed by atoms with Gasteiger partial charge in [-0.15, -0.1) is 0 Å². The summed E-state index contributed by atoms with van der Waals surface area (Å²) in [5.41, 5.74) is 5.82. The molecule has 0 aliphatic carbocycles. The van der Waals surface area contributed by atoms with Crippen LogP contribution in [-0.4, -0.2) is 28.8 Å². The van der Waals surface area contributed by atoms with Crippen LogP contribution in [0.2, 0.25) is 0 Å². The van der Waals surface area contributed by atoms with Crippen molar-refractivity contribution in [3.05, 3.63) is 11.7 Å². The van der Waals surface area contributed by atoms with Gasteiger partial charge >= 0.3 is 5.97 Å². The van der Waals surface area contributed by atoms with Gasteiger partial charge in [0, 0.05) is 12.5 Å². The first-order valence-corrected chi connectivity index (χ1v) is 5.42. The van der Waals surface area contributed by atoms with E-state index in [-0.39, 0.29) is 18.5 Å². The maximum Gasteiger partial charge on any atom is 0.379 e. The molecule has 6 heteroatoms. The Morgan fingerprint density at radius 2 is 2.31 bits per heavy atom. The van der Waals surface area contributed by atoms with Gasteiger partial charge in [-0.05, 0) is 18.5 Å². The lowest BCUT2D eigenvalue weighted by atomic mass is 10.1. The molecule has 2 N–H and O–H groups in total. The van der Waals surface area contributed by atoms with Gasteiger partial charge in [-0.25, -0.2) is 4.79 Å². The molecule has 90 valence electrons. The van der Waals surface area contributed by atoms with Crippen molar-refractivity contribution in [1.82, 2.24) is 10.1 Å². The van der Waals surface area contributed by atoms with Crippen LogP contribution >= 0.6 is 0 Å². The van der Waals surface area contributed by atoms with Crippen molar-refractivity contribution in [1.29, 1.82) is 0 Å². The largest absolute Gasteiger partial charge is 0.460 e. The molecule has 1 rings (SSSR count). The van der Waals surface area contributed by atoms with E-state index >= 15 is 0 Å². The molecular weight excluding hydrogens is 210 g/mol. The number of esters is 1. The number of nitrogens with zero attached hydrogens (tertiary/aromatic N) is 2. The predicted octanol–water partition coefficient (Wildman–Crippen LogP) is 0.916. The lowest BCUT2D eigenvalue weighted by Crippen LogP contribution is -2.22. The van der Waals surface area contributed by atoms with Crippen LogP contribution in [0.5, 0.6) is 0 Å². The van der Waals surface area contributed by atoms with Crippen LogP contribution < -0.4 is 5.73 Å². The number of ether oxygens (including phenoxy) is 1. The number of carbonyl (C=O) groups is 1. The van der Waals surface area contributed by atoms with E-state index in [1.54, 1.807) is 6.92 Å². The van der Waals surface area contributed by atoms with Gasteiger partial charge in [-0.2, -0.15) is 4.98 Å². The molecule has 1 heterocycles. The minimum Gasteiger partial charge on any atom is -0.460 e. The van der Waals surface area contributed by atoms with Crippen LogP contribution in [0.25, 0.3) is 0 Å². The number of aromatic nitrogens is 2. The molecule has 1 aromatic heterocycles. The van der Waals surface area contributed by atoms with E-state index in [2.05, 4.69) is 17.1 Å². The Bertz CT molecular complexity index is 338. The van der Waals surface area contributed by atoms with Crippen LogP contribution in [0.4, 0.5) is 0 Å². The number of hydrogen-bond donors (Lipinski definition) is 1. The second kappa shape index (κ2) is 6.22. The van der Waals surface area contributed by atoms with Crippen molar-refractivity contribution in [2.24, 2.45) is 5.73 Å². The van der Waals surface area contributed by atoms with Gasteiger partial charge in [0.1, 0.15) is 0 Å². The Labute approximate surface area is 94.2 Å². The molecule has 1 aromatic rings. The summed E-state index contributed by atoms with van der Waals surface area (Å²) >= 11 is 0. The highest BCUT2D eigenvalue weighted by atomic mass is 16.5. The summed E-state index contributed by atoms with van der Waals surface area (Å²) in [6.45, 7) is 4.06. The highest BCUT2D eigenvalue weighted by Gasteiger charge is 2.16. The minimum absolute atomic E-state index is 0.0134. The third-order valence-corrected chi connectivity index (χ3v) is 2.02. The average molecular weight is 227 g/mol. The molecule has 0 aromatic carbocycles. The lowest BCUT2D eigenvalue weighted by molar-refractivity contribution is 0.0508. The summed E-state index contributed by atoms with van der Waals surface area (Å²) in [4.78, 5) is 15.1. The molecule has 1 atom stereocenters. The first-order valence-electron chi connectivity index (χ1n) is 5.42. The Kier molecular flexibility index (Phi) is 4.91. The fourth-order valence-corrected chi connectivity index (χ4v) is 1.31.